The summed E-state index contributed by atoms with van der Waals surface area (Å²) in [5.74, 6) is 0. The van der Waals surface area contributed by atoms with Gasteiger partial charge in [0.25, 0.3) is 6.47 Å². The molecule has 0 rings (SSSR count). The first-order valence-electron chi connectivity index (χ1n) is 4.23. The summed E-state index contributed by atoms with van der Waals surface area (Å²) in [5.41, 5.74) is 0. The Morgan fingerprint density at radius 3 is 2.08 bits per heavy atom. The average Bonchev–Trinajstić information content (AvgIpc) is 2.14. The predicted molar refractivity (Wildman–Crippen MR) is 50.5 cm³/mol. The summed E-state index contributed by atoms with van der Waals surface area (Å²) in [7, 11) is 0. The van der Waals surface area contributed by atoms with Crippen LogP contribution in [0.4, 0.5) is 0 Å². The van der Waals surface area contributed by atoms with Crippen LogP contribution in [0.3, 0.4) is 0 Å². The van der Waals surface area contributed by atoms with Gasteiger partial charge in [0.15, 0.2) is 0 Å². The highest BCUT2D eigenvalue weighted by molar-refractivity contribution is 5.45. The van der Waals surface area contributed by atoms with Crippen LogP contribution in [0.2, 0.25) is 0 Å². The van der Waals surface area contributed by atoms with E-state index in [9.17, 15) is 4.79 Å². The molecule has 13 heavy (non-hydrogen) atoms. The van der Waals surface area contributed by atoms with Crippen LogP contribution in [-0.2, 0) is 9.59 Å². The Morgan fingerprint density at radius 2 is 1.77 bits per heavy atom. The molecule has 0 aromatic carbocycles. The summed E-state index contributed by atoms with van der Waals surface area (Å²) in [6.07, 6.45) is 0.740. The summed E-state index contributed by atoms with van der Waals surface area (Å²) in [6, 6.07) is 0. The van der Waals surface area contributed by atoms with E-state index in [1.54, 1.807) is 0 Å². The van der Waals surface area contributed by atoms with Gasteiger partial charge in [0.2, 0.25) is 6.41 Å². The minimum absolute atomic E-state index is 0.250. The Hall–Kier alpha value is -1.10. The molecule has 0 saturated carbocycles. The highest BCUT2D eigenvalue weighted by atomic mass is 16.3. The van der Waals surface area contributed by atoms with Gasteiger partial charge in [-0.3, -0.25) is 9.59 Å². The Kier molecular flexibility index (Phi) is 15.0. The summed E-state index contributed by atoms with van der Waals surface area (Å²) < 4.78 is 0. The van der Waals surface area contributed by atoms with Gasteiger partial charge in [-0.1, -0.05) is 13.8 Å². The van der Waals surface area contributed by atoms with E-state index in [-0.39, 0.29) is 6.47 Å². The van der Waals surface area contributed by atoms with E-state index in [4.69, 9.17) is 9.90 Å². The number of carbonyl (C=O) groups is 2. The SMILES string of the molecule is CCN(CC)CCNC=O.O=CO. The summed E-state index contributed by atoms with van der Waals surface area (Å²) in [5, 5.41) is 9.51. The summed E-state index contributed by atoms with van der Waals surface area (Å²) >= 11 is 0. The zero-order chi connectivity index (χ0) is 10.5. The monoisotopic (exact) mass is 190 g/mol. The third kappa shape index (κ3) is 13.8. The number of nitrogens with zero attached hydrogens (tertiary/aromatic N) is 1. The second-order valence-electron chi connectivity index (χ2n) is 2.20. The molecule has 0 aromatic heterocycles. The highest BCUT2D eigenvalue weighted by Gasteiger charge is 1.95. The van der Waals surface area contributed by atoms with Gasteiger partial charge in [-0.25, -0.2) is 0 Å². The van der Waals surface area contributed by atoms with Crippen molar-refractivity contribution in [2.24, 2.45) is 0 Å². The van der Waals surface area contributed by atoms with Gasteiger partial charge >= 0.3 is 0 Å². The van der Waals surface area contributed by atoms with Crippen molar-refractivity contribution in [2.45, 2.75) is 13.8 Å². The molecule has 0 spiro atoms. The van der Waals surface area contributed by atoms with Crippen molar-refractivity contribution in [2.75, 3.05) is 26.2 Å². The molecule has 78 valence electrons. The van der Waals surface area contributed by atoms with Gasteiger partial charge in [0.1, 0.15) is 0 Å². The van der Waals surface area contributed by atoms with Crippen molar-refractivity contribution in [3.8, 4) is 0 Å². The lowest BCUT2D eigenvalue weighted by Gasteiger charge is -2.16. The Morgan fingerprint density at radius 1 is 1.31 bits per heavy atom. The second kappa shape index (κ2) is 13.5. The van der Waals surface area contributed by atoms with Crippen LogP contribution in [0.5, 0.6) is 0 Å². The maximum Gasteiger partial charge on any atom is 0.290 e. The maximum atomic E-state index is 9.83. The lowest BCUT2D eigenvalue weighted by molar-refractivity contribution is -0.122. The quantitative estimate of drug-likeness (QED) is 0.448. The number of nitrogens with one attached hydrogen (secondary N) is 1. The fourth-order valence-electron chi connectivity index (χ4n) is 0.821. The lowest BCUT2D eigenvalue weighted by Crippen LogP contribution is -2.31. The van der Waals surface area contributed by atoms with Crippen molar-refractivity contribution >= 4 is 12.9 Å². The fourth-order valence-corrected chi connectivity index (χ4v) is 0.821. The molecule has 0 heterocycles. The van der Waals surface area contributed by atoms with E-state index in [1.807, 2.05) is 0 Å². The van der Waals surface area contributed by atoms with Gasteiger partial charge in [-0.05, 0) is 13.1 Å². The molecule has 0 aromatic rings. The third-order valence-electron chi connectivity index (χ3n) is 1.55. The lowest BCUT2D eigenvalue weighted by atomic mass is 10.5. The van der Waals surface area contributed by atoms with Gasteiger partial charge in [-0.2, -0.15) is 0 Å². The Balaban J connectivity index is 0. The molecule has 0 fully saturated rings. The number of hydrogen-bond donors (Lipinski definition) is 2. The fraction of sp³-hybridized carbons (Fsp3) is 0.750. The van der Waals surface area contributed by atoms with Gasteiger partial charge in [0.05, 0.1) is 0 Å². The van der Waals surface area contributed by atoms with E-state index >= 15 is 0 Å². The molecule has 0 aliphatic carbocycles. The Bertz CT molecular complexity index is 116. The van der Waals surface area contributed by atoms with Crippen LogP contribution in [0, 0.1) is 0 Å². The molecule has 0 unspecified atom stereocenters. The molecule has 0 atom stereocenters. The van der Waals surface area contributed by atoms with Crippen molar-refractivity contribution < 1.29 is 14.7 Å². The van der Waals surface area contributed by atoms with E-state index in [0.29, 0.717) is 0 Å². The Labute approximate surface area is 78.7 Å². The van der Waals surface area contributed by atoms with Crippen molar-refractivity contribution in [1.82, 2.24) is 10.2 Å². The zero-order valence-electron chi connectivity index (χ0n) is 8.19. The van der Waals surface area contributed by atoms with E-state index in [0.717, 1.165) is 32.6 Å². The zero-order valence-corrected chi connectivity index (χ0v) is 8.19. The number of carboxylic acid groups (broad SMARTS) is 1. The average molecular weight is 190 g/mol. The number of carbonyl (C=O) groups excluding carboxylic acids is 1. The number of likely N-dealkylation sites (N-methyl/N-ethyl adjacent to an activating group) is 1. The first-order valence-corrected chi connectivity index (χ1v) is 4.23. The minimum atomic E-state index is -0.250. The molecule has 0 radical (unpaired) electrons. The van der Waals surface area contributed by atoms with Crippen LogP contribution >= 0.6 is 0 Å². The molecule has 0 aliphatic rings. The van der Waals surface area contributed by atoms with Crippen LogP contribution in [0.1, 0.15) is 13.8 Å². The molecule has 0 saturated heterocycles. The van der Waals surface area contributed by atoms with E-state index < -0.39 is 0 Å². The summed E-state index contributed by atoms with van der Waals surface area (Å²) in [4.78, 5) is 20.5. The number of hydrogen-bond acceptors (Lipinski definition) is 3. The van der Waals surface area contributed by atoms with Crippen LogP contribution in [0.25, 0.3) is 0 Å². The van der Waals surface area contributed by atoms with Gasteiger partial charge < -0.3 is 15.3 Å². The largest absolute Gasteiger partial charge is 0.483 e. The van der Waals surface area contributed by atoms with Crippen molar-refractivity contribution in [3.05, 3.63) is 0 Å². The molecule has 2 N–H and O–H groups in total. The third-order valence-corrected chi connectivity index (χ3v) is 1.55. The highest BCUT2D eigenvalue weighted by Crippen LogP contribution is 1.82. The molecule has 0 bridgehead atoms. The molecule has 5 heteroatoms. The first-order chi connectivity index (χ1) is 6.26. The second-order valence-corrected chi connectivity index (χ2v) is 2.20. The van der Waals surface area contributed by atoms with Crippen LogP contribution in [-0.4, -0.2) is 49.1 Å². The van der Waals surface area contributed by atoms with Gasteiger partial charge in [-0.15, -0.1) is 0 Å². The van der Waals surface area contributed by atoms with Crippen LogP contribution < -0.4 is 5.32 Å². The molecule has 0 aliphatic heterocycles. The molecular formula is C8H18N2O3. The van der Waals surface area contributed by atoms with Crippen molar-refractivity contribution in [1.29, 1.82) is 0 Å². The standard InChI is InChI=1S/C7H16N2O.CH2O2/c1-3-9(4-2)6-5-8-7-10;2-1-3/h7H,3-6H2,1-2H3,(H,8,10);1H,(H,2,3). The van der Waals surface area contributed by atoms with E-state index in [1.165, 1.54) is 0 Å². The smallest absolute Gasteiger partial charge is 0.290 e. The minimum Gasteiger partial charge on any atom is -0.483 e. The van der Waals surface area contributed by atoms with E-state index in [2.05, 4.69) is 24.1 Å². The predicted octanol–water partition coefficient (Wildman–Crippen LogP) is -0.225. The normalized spacial score (nSPS) is 8.54. The van der Waals surface area contributed by atoms with Crippen molar-refractivity contribution in [3.63, 3.8) is 0 Å². The summed E-state index contributed by atoms with van der Waals surface area (Å²) in [6.45, 7) is 7.79. The molecular weight excluding hydrogens is 172 g/mol. The molecule has 5 nitrogen and oxygen atoms in total. The maximum absolute atomic E-state index is 9.83. The topological polar surface area (TPSA) is 69.6 Å². The number of rotatable bonds is 6. The van der Waals surface area contributed by atoms with Crippen LogP contribution in [0.15, 0.2) is 0 Å². The number of amides is 1. The first kappa shape index (κ1) is 14.4. The van der Waals surface area contributed by atoms with Gasteiger partial charge in [0, 0.05) is 13.1 Å². The molecule has 1 amide bonds.